The van der Waals surface area contributed by atoms with E-state index in [9.17, 15) is 0 Å². The van der Waals surface area contributed by atoms with E-state index >= 15 is 0 Å². The summed E-state index contributed by atoms with van der Waals surface area (Å²) in [6.07, 6.45) is 1.82. The van der Waals surface area contributed by atoms with Crippen LogP contribution in [0.3, 0.4) is 0 Å². The molecule has 20 heavy (non-hydrogen) atoms. The predicted molar refractivity (Wildman–Crippen MR) is 80.4 cm³/mol. The van der Waals surface area contributed by atoms with Gasteiger partial charge in [-0.25, -0.2) is 4.98 Å². The number of aromatic amines is 1. The highest BCUT2D eigenvalue weighted by Crippen LogP contribution is 2.27. The Bertz CT molecular complexity index is 720. The first-order valence-corrected chi connectivity index (χ1v) is 6.31. The third-order valence-corrected chi connectivity index (χ3v) is 3.10. The quantitative estimate of drug-likeness (QED) is 0.714. The maximum Gasteiger partial charge on any atom is 0.137 e. The molecule has 0 saturated heterocycles. The second kappa shape index (κ2) is 5.09. The zero-order chi connectivity index (χ0) is 13.9. The second-order valence-corrected chi connectivity index (χ2v) is 4.51. The van der Waals surface area contributed by atoms with Crippen molar-refractivity contribution < 1.29 is 4.74 Å². The summed E-state index contributed by atoms with van der Waals surface area (Å²) in [6, 6.07) is 15.6. The van der Waals surface area contributed by atoms with Gasteiger partial charge in [0.15, 0.2) is 0 Å². The molecule has 0 radical (unpaired) electrons. The normalized spacial score (nSPS) is 10.4. The summed E-state index contributed by atoms with van der Waals surface area (Å²) in [5.74, 6) is 1.49. The van der Waals surface area contributed by atoms with E-state index in [1.807, 2.05) is 48.7 Å². The van der Waals surface area contributed by atoms with E-state index in [1.54, 1.807) is 13.2 Å². The first-order valence-electron chi connectivity index (χ1n) is 6.31. The van der Waals surface area contributed by atoms with Crippen LogP contribution in [0.15, 0.2) is 54.7 Å². The van der Waals surface area contributed by atoms with Crippen molar-refractivity contribution in [2.24, 2.45) is 0 Å². The molecule has 0 bridgehead atoms. The highest BCUT2D eigenvalue weighted by molar-refractivity contribution is 5.68. The Morgan fingerprint density at radius 3 is 2.60 bits per heavy atom. The van der Waals surface area contributed by atoms with Gasteiger partial charge in [-0.15, -0.1) is 0 Å². The lowest BCUT2D eigenvalue weighted by Crippen LogP contribution is -1.91. The van der Waals surface area contributed by atoms with Crippen molar-refractivity contribution in [2.75, 3.05) is 12.8 Å². The predicted octanol–water partition coefficient (Wildman–Crippen LogP) is 3.33. The largest absolute Gasteiger partial charge is 0.497 e. The third-order valence-electron chi connectivity index (χ3n) is 3.10. The number of benzene rings is 2. The number of hydrogen-bond donors (Lipinski definition) is 2. The molecule has 0 amide bonds. The van der Waals surface area contributed by atoms with E-state index in [0.29, 0.717) is 5.69 Å². The molecule has 3 rings (SSSR count). The van der Waals surface area contributed by atoms with E-state index in [0.717, 1.165) is 28.4 Å². The number of hydrogen-bond acceptors (Lipinski definition) is 3. The molecule has 0 fully saturated rings. The summed E-state index contributed by atoms with van der Waals surface area (Å²) in [6.45, 7) is 0. The number of nitrogen functional groups attached to an aromatic ring is 1. The van der Waals surface area contributed by atoms with Gasteiger partial charge in [0.2, 0.25) is 0 Å². The van der Waals surface area contributed by atoms with Crippen molar-refractivity contribution in [3.05, 3.63) is 54.7 Å². The first kappa shape index (κ1) is 12.3. The number of nitrogens with two attached hydrogens (primary N) is 1. The molecule has 3 aromatic rings. The van der Waals surface area contributed by atoms with Crippen molar-refractivity contribution in [1.82, 2.24) is 9.97 Å². The van der Waals surface area contributed by atoms with Crippen LogP contribution in [-0.4, -0.2) is 17.1 Å². The molecule has 0 aliphatic heterocycles. The van der Waals surface area contributed by atoms with Crippen molar-refractivity contribution in [2.45, 2.75) is 0 Å². The lowest BCUT2D eigenvalue weighted by atomic mass is 10.1. The number of anilines is 1. The molecule has 0 atom stereocenters. The minimum atomic E-state index is 0.650. The Morgan fingerprint density at radius 2 is 1.85 bits per heavy atom. The van der Waals surface area contributed by atoms with Crippen LogP contribution in [0.2, 0.25) is 0 Å². The lowest BCUT2D eigenvalue weighted by molar-refractivity contribution is 0.415. The molecule has 2 aromatic carbocycles. The molecule has 0 unspecified atom stereocenters. The zero-order valence-electron chi connectivity index (χ0n) is 11.1. The number of nitrogens with one attached hydrogen (secondary N) is 1. The van der Waals surface area contributed by atoms with Crippen molar-refractivity contribution in [3.63, 3.8) is 0 Å². The number of rotatable bonds is 3. The monoisotopic (exact) mass is 265 g/mol. The first-order chi connectivity index (χ1) is 9.76. The van der Waals surface area contributed by atoms with Gasteiger partial charge in [-0.2, -0.15) is 0 Å². The van der Waals surface area contributed by atoms with Crippen LogP contribution in [0.4, 0.5) is 5.69 Å². The molecule has 100 valence electrons. The molecule has 4 nitrogen and oxygen atoms in total. The number of ether oxygens (including phenoxy) is 1. The fourth-order valence-corrected chi connectivity index (χ4v) is 2.11. The summed E-state index contributed by atoms with van der Waals surface area (Å²) in [5, 5.41) is 0. The van der Waals surface area contributed by atoms with Crippen molar-refractivity contribution in [1.29, 1.82) is 0 Å². The molecule has 0 spiro atoms. The van der Waals surface area contributed by atoms with Gasteiger partial charge < -0.3 is 15.5 Å². The van der Waals surface area contributed by atoms with E-state index < -0.39 is 0 Å². The second-order valence-electron chi connectivity index (χ2n) is 4.51. The van der Waals surface area contributed by atoms with Gasteiger partial charge in [0.05, 0.1) is 19.0 Å². The minimum Gasteiger partial charge on any atom is -0.497 e. The topological polar surface area (TPSA) is 63.9 Å². The van der Waals surface area contributed by atoms with Crippen LogP contribution in [0, 0.1) is 0 Å². The number of imidazole rings is 1. The summed E-state index contributed by atoms with van der Waals surface area (Å²) in [4.78, 5) is 7.71. The van der Waals surface area contributed by atoms with Gasteiger partial charge in [-0.05, 0) is 17.7 Å². The van der Waals surface area contributed by atoms with Gasteiger partial charge in [-0.3, -0.25) is 0 Å². The van der Waals surface area contributed by atoms with Crippen LogP contribution in [0.1, 0.15) is 0 Å². The average Bonchev–Trinajstić information content (AvgIpc) is 2.97. The molecule has 1 heterocycles. The van der Waals surface area contributed by atoms with E-state index in [4.69, 9.17) is 10.5 Å². The molecule has 3 N–H and O–H groups in total. The Kier molecular flexibility index (Phi) is 3.13. The van der Waals surface area contributed by atoms with Gasteiger partial charge >= 0.3 is 0 Å². The zero-order valence-corrected chi connectivity index (χ0v) is 11.1. The SMILES string of the molecule is COc1cc(N)cc(-c2ncc(-c3ccccc3)[nH]2)c1. The van der Waals surface area contributed by atoms with Crippen LogP contribution in [-0.2, 0) is 0 Å². The van der Waals surface area contributed by atoms with Crippen molar-refractivity contribution in [3.8, 4) is 28.4 Å². The number of nitrogens with zero attached hydrogens (tertiary/aromatic N) is 1. The smallest absolute Gasteiger partial charge is 0.137 e. The third kappa shape index (κ3) is 2.36. The maximum atomic E-state index is 5.87. The molecule has 0 aliphatic rings. The Hall–Kier alpha value is -2.75. The van der Waals surface area contributed by atoms with Crippen LogP contribution in [0.5, 0.6) is 5.75 Å². The summed E-state index contributed by atoms with van der Waals surface area (Å²) in [5.41, 5.74) is 9.50. The molecule has 0 saturated carbocycles. The van der Waals surface area contributed by atoms with Gasteiger partial charge in [0.25, 0.3) is 0 Å². The Balaban J connectivity index is 2.00. The number of methoxy groups -OCH3 is 1. The fourth-order valence-electron chi connectivity index (χ4n) is 2.11. The average molecular weight is 265 g/mol. The maximum absolute atomic E-state index is 5.87. The Labute approximate surface area is 117 Å². The fraction of sp³-hybridized carbons (Fsp3) is 0.0625. The van der Waals surface area contributed by atoms with E-state index in [1.165, 1.54) is 0 Å². The Morgan fingerprint density at radius 1 is 1.05 bits per heavy atom. The van der Waals surface area contributed by atoms with Gasteiger partial charge in [0.1, 0.15) is 11.6 Å². The van der Waals surface area contributed by atoms with Crippen LogP contribution < -0.4 is 10.5 Å². The standard InChI is InChI=1S/C16H15N3O/c1-20-14-8-12(7-13(17)9-14)16-18-10-15(19-16)11-5-3-2-4-6-11/h2-10H,17H2,1H3,(H,18,19). The summed E-state index contributed by atoms with van der Waals surface area (Å²) in [7, 11) is 1.62. The van der Waals surface area contributed by atoms with Gasteiger partial charge in [0, 0.05) is 17.3 Å². The van der Waals surface area contributed by atoms with Crippen LogP contribution >= 0.6 is 0 Å². The molecular formula is C16H15N3O. The van der Waals surface area contributed by atoms with E-state index in [-0.39, 0.29) is 0 Å². The van der Waals surface area contributed by atoms with E-state index in [2.05, 4.69) is 9.97 Å². The molecule has 0 aliphatic carbocycles. The minimum absolute atomic E-state index is 0.650. The van der Waals surface area contributed by atoms with Crippen molar-refractivity contribution >= 4 is 5.69 Å². The summed E-state index contributed by atoms with van der Waals surface area (Å²) < 4.78 is 5.23. The highest BCUT2D eigenvalue weighted by atomic mass is 16.5. The van der Waals surface area contributed by atoms with Gasteiger partial charge in [-0.1, -0.05) is 30.3 Å². The highest BCUT2D eigenvalue weighted by Gasteiger charge is 2.07. The molecular weight excluding hydrogens is 250 g/mol. The number of aromatic nitrogens is 2. The molecule has 1 aromatic heterocycles. The van der Waals surface area contributed by atoms with Crippen LogP contribution in [0.25, 0.3) is 22.6 Å². The lowest BCUT2D eigenvalue weighted by Gasteiger charge is -2.04. The number of H-pyrrole nitrogens is 1. The summed E-state index contributed by atoms with van der Waals surface area (Å²) >= 11 is 0. The molecule has 4 heteroatoms.